The normalized spacial score (nSPS) is 11.1. The zero-order chi connectivity index (χ0) is 16.9. The molecule has 0 aromatic heterocycles. The minimum absolute atomic E-state index is 0.00453. The van der Waals surface area contributed by atoms with Crippen molar-refractivity contribution in [3.05, 3.63) is 64.7 Å². The lowest BCUT2D eigenvalue weighted by Gasteiger charge is -2.19. The van der Waals surface area contributed by atoms with Gasteiger partial charge in [0.1, 0.15) is 5.75 Å². The molecule has 0 saturated carbocycles. The summed E-state index contributed by atoms with van der Waals surface area (Å²) < 4.78 is 5.51. The summed E-state index contributed by atoms with van der Waals surface area (Å²) in [6, 6.07) is 15.2. The molecule has 0 fully saturated rings. The van der Waals surface area contributed by atoms with Gasteiger partial charge in [0.05, 0.1) is 0 Å². The maximum atomic E-state index is 11.8. The Bertz CT molecular complexity index is 660. The number of carbonyl (C=O) groups is 1. The van der Waals surface area contributed by atoms with Crippen LogP contribution in [0.1, 0.15) is 31.9 Å². The summed E-state index contributed by atoms with van der Waals surface area (Å²) in [5, 5.41) is 3.47. The summed E-state index contributed by atoms with van der Waals surface area (Å²) in [6.45, 7) is 6.91. The first-order chi connectivity index (χ1) is 10.8. The van der Waals surface area contributed by atoms with E-state index in [0.29, 0.717) is 17.3 Å². The van der Waals surface area contributed by atoms with Gasteiger partial charge in [-0.15, -0.1) is 0 Å². The van der Waals surface area contributed by atoms with Crippen LogP contribution in [0.4, 0.5) is 0 Å². The Hall–Kier alpha value is -2.00. The van der Waals surface area contributed by atoms with Crippen molar-refractivity contribution in [1.29, 1.82) is 0 Å². The van der Waals surface area contributed by atoms with Gasteiger partial charge in [0.15, 0.2) is 6.61 Å². The average molecular weight is 332 g/mol. The highest BCUT2D eigenvalue weighted by molar-refractivity contribution is 6.30. The number of carbonyl (C=O) groups excluding carboxylic acids is 1. The van der Waals surface area contributed by atoms with Crippen LogP contribution < -0.4 is 10.1 Å². The van der Waals surface area contributed by atoms with Crippen molar-refractivity contribution in [3.8, 4) is 5.75 Å². The smallest absolute Gasteiger partial charge is 0.258 e. The largest absolute Gasteiger partial charge is 0.484 e. The molecule has 4 heteroatoms. The molecule has 23 heavy (non-hydrogen) atoms. The van der Waals surface area contributed by atoms with E-state index in [1.807, 2.05) is 42.5 Å². The third-order valence-corrected chi connectivity index (χ3v) is 3.70. The van der Waals surface area contributed by atoms with Crippen LogP contribution in [0.15, 0.2) is 48.5 Å². The van der Waals surface area contributed by atoms with Crippen LogP contribution in [0.2, 0.25) is 5.02 Å². The van der Waals surface area contributed by atoms with E-state index in [4.69, 9.17) is 16.3 Å². The van der Waals surface area contributed by atoms with Crippen molar-refractivity contribution in [2.24, 2.45) is 0 Å². The first-order valence-electron chi connectivity index (χ1n) is 7.59. The molecule has 0 atom stereocenters. The molecule has 0 aliphatic heterocycles. The molecule has 3 nitrogen and oxygen atoms in total. The van der Waals surface area contributed by atoms with Crippen molar-refractivity contribution in [2.45, 2.75) is 32.7 Å². The van der Waals surface area contributed by atoms with Gasteiger partial charge in [-0.05, 0) is 40.8 Å². The number of amides is 1. The van der Waals surface area contributed by atoms with Crippen molar-refractivity contribution >= 4 is 17.5 Å². The monoisotopic (exact) mass is 331 g/mol. The maximum absolute atomic E-state index is 11.8. The highest BCUT2D eigenvalue weighted by Gasteiger charge is 2.13. The number of hydrogen-bond acceptors (Lipinski definition) is 2. The molecule has 0 spiro atoms. The SMILES string of the molecule is CC(C)(C)c1ccc(OCC(=O)NCc2cccc(Cl)c2)cc1. The molecule has 2 rings (SSSR count). The summed E-state index contributed by atoms with van der Waals surface area (Å²) in [5.74, 6) is 0.528. The number of ether oxygens (including phenoxy) is 1. The van der Waals surface area contributed by atoms with E-state index in [1.54, 1.807) is 6.07 Å². The fourth-order valence-corrected chi connectivity index (χ4v) is 2.31. The van der Waals surface area contributed by atoms with E-state index in [2.05, 4.69) is 26.1 Å². The van der Waals surface area contributed by atoms with Crippen LogP contribution in [0.5, 0.6) is 5.75 Å². The predicted octanol–water partition coefficient (Wildman–Crippen LogP) is 4.33. The van der Waals surface area contributed by atoms with Gasteiger partial charge in [0.2, 0.25) is 0 Å². The van der Waals surface area contributed by atoms with Gasteiger partial charge >= 0.3 is 0 Å². The molecule has 122 valence electrons. The third kappa shape index (κ3) is 5.61. The lowest BCUT2D eigenvalue weighted by molar-refractivity contribution is -0.123. The Morgan fingerprint density at radius 1 is 1.13 bits per heavy atom. The molecule has 0 aliphatic carbocycles. The van der Waals surface area contributed by atoms with Gasteiger partial charge in [0.25, 0.3) is 5.91 Å². The predicted molar refractivity (Wildman–Crippen MR) is 93.9 cm³/mol. The number of halogens is 1. The number of benzene rings is 2. The van der Waals surface area contributed by atoms with Crippen LogP contribution in [0, 0.1) is 0 Å². The van der Waals surface area contributed by atoms with Gasteiger partial charge < -0.3 is 10.1 Å². The lowest BCUT2D eigenvalue weighted by Crippen LogP contribution is -2.28. The lowest BCUT2D eigenvalue weighted by atomic mass is 9.87. The molecule has 0 saturated heterocycles. The second-order valence-corrected chi connectivity index (χ2v) is 6.91. The van der Waals surface area contributed by atoms with E-state index in [9.17, 15) is 4.79 Å². The Morgan fingerprint density at radius 3 is 2.43 bits per heavy atom. The standard InChI is InChI=1S/C19H22ClNO2/c1-19(2,3)15-7-9-17(10-8-15)23-13-18(22)21-12-14-5-4-6-16(20)11-14/h4-11H,12-13H2,1-3H3,(H,21,22). The van der Waals surface area contributed by atoms with Crippen LogP contribution >= 0.6 is 11.6 Å². The number of hydrogen-bond donors (Lipinski definition) is 1. The zero-order valence-electron chi connectivity index (χ0n) is 13.7. The van der Waals surface area contributed by atoms with E-state index in [1.165, 1.54) is 5.56 Å². The molecular weight excluding hydrogens is 310 g/mol. The minimum atomic E-state index is -0.162. The van der Waals surface area contributed by atoms with Gasteiger partial charge in [-0.2, -0.15) is 0 Å². The van der Waals surface area contributed by atoms with Crippen molar-refractivity contribution in [2.75, 3.05) is 6.61 Å². The second kappa shape index (κ2) is 7.51. The van der Waals surface area contributed by atoms with E-state index < -0.39 is 0 Å². The fourth-order valence-electron chi connectivity index (χ4n) is 2.10. The summed E-state index contributed by atoms with van der Waals surface area (Å²) in [4.78, 5) is 11.8. The first-order valence-corrected chi connectivity index (χ1v) is 7.97. The summed E-state index contributed by atoms with van der Waals surface area (Å²) in [7, 11) is 0. The highest BCUT2D eigenvalue weighted by atomic mass is 35.5. The second-order valence-electron chi connectivity index (χ2n) is 6.47. The number of rotatable bonds is 5. The minimum Gasteiger partial charge on any atom is -0.484 e. The quantitative estimate of drug-likeness (QED) is 0.885. The van der Waals surface area contributed by atoms with E-state index >= 15 is 0 Å². The fraction of sp³-hybridized carbons (Fsp3) is 0.316. The Kier molecular flexibility index (Phi) is 5.67. The number of nitrogens with one attached hydrogen (secondary N) is 1. The molecule has 1 amide bonds. The molecule has 2 aromatic carbocycles. The zero-order valence-corrected chi connectivity index (χ0v) is 14.5. The van der Waals surface area contributed by atoms with Crippen LogP contribution in [-0.4, -0.2) is 12.5 Å². The van der Waals surface area contributed by atoms with Crippen LogP contribution in [-0.2, 0) is 16.8 Å². The molecule has 0 unspecified atom stereocenters. The van der Waals surface area contributed by atoms with Gasteiger partial charge in [0, 0.05) is 11.6 Å². The van der Waals surface area contributed by atoms with E-state index in [0.717, 1.165) is 5.56 Å². The van der Waals surface area contributed by atoms with Crippen LogP contribution in [0.25, 0.3) is 0 Å². The average Bonchev–Trinajstić information content (AvgIpc) is 2.50. The Labute approximate surface area is 142 Å². The molecule has 2 aromatic rings. The van der Waals surface area contributed by atoms with Gasteiger partial charge in [-0.25, -0.2) is 0 Å². The molecule has 0 bridgehead atoms. The summed E-state index contributed by atoms with van der Waals surface area (Å²) >= 11 is 5.91. The molecular formula is C19H22ClNO2. The molecule has 1 N–H and O–H groups in total. The Morgan fingerprint density at radius 2 is 1.83 bits per heavy atom. The highest BCUT2D eigenvalue weighted by Crippen LogP contribution is 2.24. The first kappa shape index (κ1) is 17.4. The topological polar surface area (TPSA) is 38.3 Å². The molecule has 0 radical (unpaired) electrons. The van der Waals surface area contributed by atoms with Gasteiger partial charge in [-0.3, -0.25) is 4.79 Å². The Balaban J connectivity index is 1.80. The van der Waals surface area contributed by atoms with Crippen molar-refractivity contribution < 1.29 is 9.53 Å². The molecule has 0 aliphatic rings. The van der Waals surface area contributed by atoms with Gasteiger partial charge in [-0.1, -0.05) is 56.6 Å². The van der Waals surface area contributed by atoms with E-state index in [-0.39, 0.29) is 17.9 Å². The summed E-state index contributed by atoms with van der Waals surface area (Å²) in [6.07, 6.45) is 0. The molecule has 0 heterocycles. The maximum Gasteiger partial charge on any atom is 0.258 e. The van der Waals surface area contributed by atoms with Crippen LogP contribution in [0.3, 0.4) is 0 Å². The third-order valence-electron chi connectivity index (χ3n) is 3.47. The summed E-state index contributed by atoms with van der Waals surface area (Å²) in [5.41, 5.74) is 2.29. The van der Waals surface area contributed by atoms with Crippen molar-refractivity contribution in [3.63, 3.8) is 0 Å². The van der Waals surface area contributed by atoms with Crippen molar-refractivity contribution in [1.82, 2.24) is 5.32 Å².